The summed E-state index contributed by atoms with van der Waals surface area (Å²) in [6, 6.07) is 0. The summed E-state index contributed by atoms with van der Waals surface area (Å²) in [5.41, 5.74) is 20.3. The maximum atomic E-state index is 5.10. The van der Waals surface area contributed by atoms with Gasteiger partial charge in [0.2, 0.25) is 0 Å². The predicted octanol–water partition coefficient (Wildman–Crippen LogP) is 0.238. The van der Waals surface area contributed by atoms with Crippen LogP contribution in [0.5, 0.6) is 0 Å². The number of rotatable bonds is 4. The Hall–Kier alpha value is -0.356. The summed E-state index contributed by atoms with van der Waals surface area (Å²) in [4.78, 5) is 7.61. The molecule has 8 N–H and O–H groups in total. The molecule has 0 heterocycles. The maximum absolute atomic E-state index is 5.10. The largest absolute Gasteiger partial charge is 0.370 e. The first kappa shape index (κ1) is 23.7. The van der Waals surface area contributed by atoms with Gasteiger partial charge >= 0.3 is 0 Å². The van der Waals surface area contributed by atoms with Gasteiger partial charge in [-0.2, -0.15) is 0 Å². The van der Waals surface area contributed by atoms with Crippen molar-refractivity contribution in [3.8, 4) is 0 Å². The van der Waals surface area contributed by atoms with Crippen LogP contribution in [0.3, 0.4) is 0 Å². The van der Waals surface area contributed by atoms with Crippen LogP contribution in [-0.4, -0.2) is 25.0 Å². The van der Waals surface area contributed by atoms with Crippen LogP contribution in [0.25, 0.3) is 0 Å². The molecule has 0 saturated carbocycles. The molecule has 7 heteroatoms. The molecule has 0 atom stereocenters. The molecule has 0 aliphatic carbocycles. The second kappa shape index (κ2) is 10.4. The Balaban J connectivity index is -0.000000256. The number of nitrogens with two attached hydrogens (primary N) is 4. The van der Waals surface area contributed by atoms with E-state index in [2.05, 4.69) is 23.8 Å². The smallest absolute Gasteiger partial charge is 0.185 e. The summed E-state index contributed by atoms with van der Waals surface area (Å²) in [7, 11) is 0. The fraction of sp³-hybridized carbons (Fsp3) is 0.667. The van der Waals surface area contributed by atoms with Crippen molar-refractivity contribution in [3.05, 3.63) is 13.8 Å². The first-order valence-electron chi connectivity index (χ1n) is 5.65. The van der Waals surface area contributed by atoms with E-state index in [1.165, 1.54) is 0 Å². The SMILES string of the molecule is [CH2-]C(C)(C)CN=C(N)N.[CH2-]C(C)(C)CN=C(N)N.[Y]. The molecule has 19 heavy (non-hydrogen) atoms. The second-order valence-corrected chi connectivity index (χ2v) is 5.81. The van der Waals surface area contributed by atoms with Crippen molar-refractivity contribution in [2.24, 2.45) is 43.7 Å². The van der Waals surface area contributed by atoms with E-state index in [0.29, 0.717) is 13.1 Å². The Morgan fingerprint density at radius 1 is 0.789 bits per heavy atom. The van der Waals surface area contributed by atoms with Crippen molar-refractivity contribution in [2.75, 3.05) is 13.1 Å². The summed E-state index contributed by atoms with van der Waals surface area (Å²) in [5.74, 6) is 0.262. The van der Waals surface area contributed by atoms with E-state index in [4.69, 9.17) is 22.9 Å². The number of nitrogens with zero attached hydrogens (tertiary/aromatic N) is 2. The minimum atomic E-state index is -0.0655. The van der Waals surface area contributed by atoms with Gasteiger partial charge in [-0.1, -0.05) is 27.7 Å². The molecule has 1 radical (unpaired) electrons. The van der Waals surface area contributed by atoms with Gasteiger partial charge in [-0.15, -0.1) is 10.8 Å². The van der Waals surface area contributed by atoms with Gasteiger partial charge in [0, 0.05) is 45.8 Å². The topological polar surface area (TPSA) is 129 Å². The van der Waals surface area contributed by atoms with Crippen molar-refractivity contribution in [2.45, 2.75) is 27.7 Å². The van der Waals surface area contributed by atoms with Crippen LogP contribution in [0.1, 0.15) is 27.7 Å². The quantitative estimate of drug-likeness (QED) is 0.330. The van der Waals surface area contributed by atoms with Crippen molar-refractivity contribution in [3.63, 3.8) is 0 Å². The molecule has 0 aromatic rings. The van der Waals surface area contributed by atoms with Crippen LogP contribution in [-0.2, 0) is 32.7 Å². The van der Waals surface area contributed by atoms with Gasteiger partial charge in [0.1, 0.15) is 0 Å². The van der Waals surface area contributed by atoms with Crippen LogP contribution in [0.2, 0.25) is 0 Å². The second-order valence-electron chi connectivity index (χ2n) is 5.81. The van der Waals surface area contributed by atoms with Gasteiger partial charge < -0.3 is 36.8 Å². The normalized spacial score (nSPS) is 10.4. The first-order chi connectivity index (χ1) is 7.83. The minimum absolute atomic E-state index is 0. The monoisotopic (exact) mass is 345 g/mol. The van der Waals surface area contributed by atoms with E-state index < -0.39 is 0 Å². The molecule has 0 saturated heterocycles. The molecule has 0 bridgehead atoms. The Morgan fingerprint density at radius 2 is 1.00 bits per heavy atom. The third-order valence-corrected chi connectivity index (χ3v) is 1.38. The van der Waals surface area contributed by atoms with Crippen LogP contribution in [0, 0.1) is 24.7 Å². The number of hydrogen-bond acceptors (Lipinski definition) is 2. The molecule has 0 amide bonds. The van der Waals surface area contributed by atoms with E-state index in [-0.39, 0.29) is 55.5 Å². The molecule has 6 nitrogen and oxygen atoms in total. The van der Waals surface area contributed by atoms with E-state index in [1.54, 1.807) is 0 Å². The van der Waals surface area contributed by atoms with Gasteiger partial charge in [0.15, 0.2) is 11.9 Å². The van der Waals surface area contributed by atoms with Crippen molar-refractivity contribution in [1.29, 1.82) is 0 Å². The zero-order chi connectivity index (χ0) is 15.0. The number of aliphatic imine (C=N–C) groups is 2. The summed E-state index contributed by atoms with van der Waals surface area (Å²) >= 11 is 0. The zero-order valence-corrected chi connectivity index (χ0v) is 15.4. The van der Waals surface area contributed by atoms with Gasteiger partial charge in [-0.3, -0.25) is 9.98 Å². The standard InChI is InChI=1S/2C6H14N3.Y/c2*1-6(2,3)4-9-5(7)8;/h2*1,4H2,2-3H3,(H4,7,8,9);/q2*-1;. The molecular weight excluding hydrogens is 317 g/mol. The Labute approximate surface area is 142 Å². The molecular formula is C12H28N6Y-2. The number of hydrogen-bond donors (Lipinski definition) is 4. The summed E-state index contributed by atoms with van der Waals surface area (Å²) in [6.45, 7) is 16.7. The fourth-order valence-electron chi connectivity index (χ4n) is 0.611. The van der Waals surface area contributed by atoms with Crippen LogP contribution >= 0.6 is 0 Å². The van der Waals surface area contributed by atoms with Gasteiger partial charge in [0.05, 0.1) is 0 Å². The average molecular weight is 345 g/mol. The van der Waals surface area contributed by atoms with Crippen LogP contribution in [0.15, 0.2) is 9.98 Å². The van der Waals surface area contributed by atoms with Crippen molar-refractivity contribution in [1.82, 2.24) is 0 Å². The zero-order valence-electron chi connectivity index (χ0n) is 12.6. The van der Waals surface area contributed by atoms with Crippen molar-refractivity contribution >= 4 is 11.9 Å². The minimum Gasteiger partial charge on any atom is -0.370 e. The average Bonchev–Trinajstić information content (AvgIpc) is 2.10. The van der Waals surface area contributed by atoms with Crippen LogP contribution in [0.4, 0.5) is 0 Å². The molecule has 0 unspecified atom stereocenters. The molecule has 0 aromatic carbocycles. The van der Waals surface area contributed by atoms with E-state index in [0.717, 1.165) is 0 Å². The maximum Gasteiger partial charge on any atom is 0.185 e. The summed E-state index contributed by atoms with van der Waals surface area (Å²) < 4.78 is 0. The molecule has 0 aromatic heterocycles. The van der Waals surface area contributed by atoms with Gasteiger partial charge in [0.25, 0.3) is 0 Å². The Morgan fingerprint density at radius 3 is 1.05 bits per heavy atom. The molecule has 0 rings (SSSR count). The fourth-order valence-corrected chi connectivity index (χ4v) is 0.611. The van der Waals surface area contributed by atoms with Gasteiger partial charge in [-0.25, -0.2) is 0 Å². The third-order valence-electron chi connectivity index (χ3n) is 1.38. The van der Waals surface area contributed by atoms with E-state index in [9.17, 15) is 0 Å². The summed E-state index contributed by atoms with van der Waals surface area (Å²) in [6.07, 6.45) is 0. The molecule has 111 valence electrons. The van der Waals surface area contributed by atoms with E-state index >= 15 is 0 Å². The molecule has 0 spiro atoms. The molecule has 0 aliphatic heterocycles. The Kier molecular flexibility index (Phi) is 13.0. The third kappa shape index (κ3) is 31.8. The predicted molar refractivity (Wildman–Crippen MR) is 79.6 cm³/mol. The molecule has 0 aliphatic rings. The molecule has 0 fully saturated rings. The summed E-state index contributed by atoms with van der Waals surface area (Å²) in [5, 5.41) is 0. The first-order valence-corrected chi connectivity index (χ1v) is 5.65. The van der Waals surface area contributed by atoms with Gasteiger partial charge in [-0.05, 0) is 0 Å². The number of guanidine groups is 2. The van der Waals surface area contributed by atoms with Crippen LogP contribution < -0.4 is 22.9 Å². The van der Waals surface area contributed by atoms with E-state index in [1.807, 2.05) is 27.7 Å². The van der Waals surface area contributed by atoms with Crippen molar-refractivity contribution < 1.29 is 32.7 Å². The Bertz CT molecular complexity index is 248.